The molecule has 1 aromatic rings. The zero-order valence-corrected chi connectivity index (χ0v) is 10.4. The van der Waals surface area contributed by atoms with E-state index in [0.29, 0.717) is 10.8 Å². The molecule has 0 saturated carbocycles. The van der Waals surface area contributed by atoms with Gasteiger partial charge < -0.3 is 10.1 Å². The lowest BCUT2D eigenvalue weighted by atomic mass is 10.3. The summed E-state index contributed by atoms with van der Waals surface area (Å²) in [5.41, 5.74) is 0. The molecule has 86 valence electrons. The molecule has 15 heavy (non-hydrogen) atoms. The number of aromatic nitrogens is 1. The van der Waals surface area contributed by atoms with Gasteiger partial charge in [0.2, 0.25) is 0 Å². The van der Waals surface area contributed by atoms with E-state index in [-0.39, 0.29) is 30.9 Å². The summed E-state index contributed by atoms with van der Waals surface area (Å²) in [6.07, 6.45) is 4.58. The Morgan fingerprint density at radius 3 is 2.87 bits per heavy atom. The van der Waals surface area contributed by atoms with E-state index in [2.05, 4.69) is 10.3 Å². The van der Waals surface area contributed by atoms with Crippen LogP contribution < -0.4 is 10.1 Å². The Labute approximate surface area is 106 Å². The van der Waals surface area contributed by atoms with Gasteiger partial charge in [-0.15, -0.1) is 24.8 Å². The van der Waals surface area contributed by atoms with Crippen molar-refractivity contribution in [1.82, 2.24) is 10.3 Å². The zero-order chi connectivity index (χ0) is 9.10. The van der Waals surface area contributed by atoms with Crippen molar-refractivity contribution < 1.29 is 4.74 Å². The first kappa shape index (κ1) is 14.8. The van der Waals surface area contributed by atoms with Crippen molar-refractivity contribution in [2.45, 2.75) is 12.5 Å². The van der Waals surface area contributed by atoms with Crippen molar-refractivity contribution in [3.8, 4) is 5.75 Å². The van der Waals surface area contributed by atoms with Crippen LogP contribution in [0.5, 0.6) is 5.75 Å². The summed E-state index contributed by atoms with van der Waals surface area (Å²) in [7, 11) is 0. The van der Waals surface area contributed by atoms with Gasteiger partial charge in [-0.25, -0.2) is 0 Å². The summed E-state index contributed by atoms with van der Waals surface area (Å²) < 4.78 is 5.65. The Balaban J connectivity index is 0.000000980. The molecule has 0 aliphatic carbocycles. The molecule has 6 heteroatoms. The molecular weight excluding hydrogens is 258 g/mol. The second kappa shape index (κ2) is 7.12. The van der Waals surface area contributed by atoms with Gasteiger partial charge in [-0.3, -0.25) is 4.98 Å². The molecule has 0 spiro atoms. The molecule has 3 nitrogen and oxygen atoms in total. The van der Waals surface area contributed by atoms with E-state index in [1.165, 1.54) is 0 Å². The summed E-state index contributed by atoms with van der Waals surface area (Å²) in [6.45, 7) is 1.91. The first-order valence-corrected chi connectivity index (χ1v) is 4.71. The molecule has 2 rings (SSSR count). The van der Waals surface area contributed by atoms with Crippen LogP contribution in [0.15, 0.2) is 18.5 Å². The maximum Gasteiger partial charge on any atom is 0.156 e. The van der Waals surface area contributed by atoms with Crippen molar-refractivity contribution in [1.29, 1.82) is 0 Å². The molecule has 0 bridgehead atoms. The number of hydrogen-bond donors (Lipinski definition) is 1. The van der Waals surface area contributed by atoms with Gasteiger partial charge >= 0.3 is 0 Å². The number of pyridine rings is 1. The highest BCUT2D eigenvalue weighted by atomic mass is 35.5. The van der Waals surface area contributed by atoms with Gasteiger partial charge in [0.15, 0.2) is 5.75 Å². The molecule has 0 aromatic carbocycles. The fourth-order valence-electron chi connectivity index (χ4n) is 1.36. The van der Waals surface area contributed by atoms with Gasteiger partial charge in [0.05, 0.1) is 11.2 Å². The third-order valence-corrected chi connectivity index (χ3v) is 2.36. The van der Waals surface area contributed by atoms with Crippen LogP contribution in [0.1, 0.15) is 6.42 Å². The standard InChI is InChI=1S/C9H11ClN2O.2ClH/c10-8-2-4-12-6-9(8)13-7-1-3-11-5-7;;/h2,4,6-7,11H,1,3,5H2;2*1H. The molecule has 1 N–H and O–H groups in total. The van der Waals surface area contributed by atoms with Crippen LogP contribution in [-0.4, -0.2) is 24.2 Å². The smallest absolute Gasteiger partial charge is 0.156 e. The number of nitrogens with one attached hydrogen (secondary N) is 1. The fourth-order valence-corrected chi connectivity index (χ4v) is 1.51. The van der Waals surface area contributed by atoms with Gasteiger partial charge in [0, 0.05) is 12.7 Å². The van der Waals surface area contributed by atoms with Crippen molar-refractivity contribution in [2.75, 3.05) is 13.1 Å². The quantitative estimate of drug-likeness (QED) is 0.896. The van der Waals surface area contributed by atoms with Crippen LogP contribution in [0, 0.1) is 0 Å². The van der Waals surface area contributed by atoms with Crippen LogP contribution in [-0.2, 0) is 0 Å². The molecule has 1 atom stereocenters. The molecule has 2 heterocycles. The van der Waals surface area contributed by atoms with Crippen LogP contribution in [0.3, 0.4) is 0 Å². The molecular formula is C9H13Cl3N2O. The topological polar surface area (TPSA) is 34.1 Å². The summed E-state index contributed by atoms with van der Waals surface area (Å²) >= 11 is 5.92. The number of nitrogens with zero attached hydrogens (tertiary/aromatic N) is 1. The van der Waals surface area contributed by atoms with E-state index in [1.54, 1.807) is 18.5 Å². The van der Waals surface area contributed by atoms with Gasteiger partial charge in [0.25, 0.3) is 0 Å². The Kier molecular flexibility index (Phi) is 7.02. The minimum absolute atomic E-state index is 0. The molecule has 0 radical (unpaired) electrons. The van der Waals surface area contributed by atoms with Crippen molar-refractivity contribution in [3.63, 3.8) is 0 Å². The Hall–Kier alpha value is -0.220. The van der Waals surface area contributed by atoms with Crippen molar-refractivity contribution in [3.05, 3.63) is 23.5 Å². The maximum atomic E-state index is 5.92. The average molecular weight is 272 g/mol. The number of rotatable bonds is 2. The lowest BCUT2D eigenvalue weighted by Gasteiger charge is -2.12. The summed E-state index contributed by atoms with van der Waals surface area (Å²) in [5, 5.41) is 3.85. The van der Waals surface area contributed by atoms with Crippen LogP contribution >= 0.6 is 36.4 Å². The van der Waals surface area contributed by atoms with Crippen molar-refractivity contribution in [2.24, 2.45) is 0 Å². The number of ether oxygens (including phenoxy) is 1. The molecule has 1 aromatic heterocycles. The minimum atomic E-state index is 0. The highest BCUT2D eigenvalue weighted by Crippen LogP contribution is 2.23. The normalized spacial score (nSPS) is 18.9. The monoisotopic (exact) mass is 270 g/mol. The Morgan fingerprint density at radius 2 is 2.27 bits per heavy atom. The summed E-state index contributed by atoms with van der Waals surface area (Å²) in [4.78, 5) is 3.96. The van der Waals surface area contributed by atoms with E-state index in [9.17, 15) is 0 Å². The fraction of sp³-hybridized carbons (Fsp3) is 0.444. The SMILES string of the molecule is Cl.Cl.Clc1ccncc1OC1CCNC1. The van der Waals surface area contributed by atoms with Crippen molar-refractivity contribution >= 4 is 36.4 Å². The largest absolute Gasteiger partial charge is 0.486 e. The van der Waals surface area contributed by atoms with Crippen LogP contribution in [0.25, 0.3) is 0 Å². The average Bonchev–Trinajstić information content (AvgIpc) is 2.61. The highest BCUT2D eigenvalue weighted by Gasteiger charge is 2.16. The minimum Gasteiger partial charge on any atom is -0.486 e. The molecule has 1 aliphatic rings. The second-order valence-electron chi connectivity index (χ2n) is 3.04. The maximum absolute atomic E-state index is 5.92. The van der Waals surface area contributed by atoms with E-state index in [4.69, 9.17) is 16.3 Å². The predicted molar refractivity (Wildman–Crippen MR) is 65.6 cm³/mol. The third-order valence-electron chi connectivity index (χ3n) is 2.04. The molecule has 1 saturated heterocycles. The third kappa shape index (κ3) is 4.03. The Morgan fingerprint density at radius 1 is 1.47 bits per heavy atom. The Bertz CT molecular complexity index is 292. The van der Waals surface area contributed by atoms with E-state index in [0.717, 1.165) is 19.5 Å². The first-order valence-electron chi connectivity index (χ1n) is 4.33. The lowest BCUT2D eigenvalue weighted by molar-refractivity contribution is 0.222. The predicted octanol–water partition coefficient (Wildman–Crippen LogP) is 2.32. The zero-order valence-electron chi connectivity index (χ0n) is 7.98. The van der Waals surface area contributed by atoms with E-state index < -0.39 is 0 Å². The number of hydrogen-bond acceptors (Lipinski definition) is 3. The highest BCUT2D eigenvalue weighted by molar-refractivity contribution is 6.31. The summed E-state index contributed by atoms with van der Waals surface area (Å²) in [6, 6.07) is 1.74. The van der Waals surface area contributed by atoms with Crippen LogP contribution in [0.2, 0.25) is 5.02 Å². The van der Waals surface area contributed by atoms with Gasteiger partial charge in [-0.1, -0.05) is 11.6 Å². The summed E-state index contributed by atoms with van der Waals surface area (Å²) in [5.74, 6) is 0.679. The van der Waals surface area contributed by atoms with Gasteiger partial charge in [0.1, 0.15) is 6.10 Å². The molecule has 1 unspecified atom stereocenters. The second-order valence-corrected chi connectivity index (χ2v) is 3.45. The van der Waals surface area contributed by atoms with E-state index in [1.807, 2.05) is 0 Å². The van der Waals surface area contributed by atoms with Gasteiger partial charge in [-0.05, 0) is 19.0 Å². The molecule has 0 amide bonds. The molecule has 1 aliphatic heterocycles. The first-order chi connectivity index (χ1) is 6.36. The van der Waals surface area contributed by atoms with E-state index >= 15 is 0 Å². The van der Waals surface area contributed by atoms with Crippen LogP contribution in [0.4, 0.5) is 0 Å². The molecule has 1 fully saturated rings. The lowest BCUT2D eigenvalue weighted by Crippen LogP contribution is -2.19. The number of halogens is 3. The van der Waals surface area contributed by atoms with Gasteiger partial charge in [-0.2, -0.15) is 0 Å².